The first-order valence-corrected chi connectivity index (χ1v) is 11.4. The summed E-state index contributed by atoms with van der Waals surface area (Å²) in [5.41, 5.74) is -0.332. The normalized spacial score (nSPS) is 17.8. The lowest BCUT2D eigenvalue weighted by atomic mass is 9.93. The number of nitrogens with one attached hydrogen (secondary N) is 2. The molecule has 0 aliphatic carbocycles. The number of amides is 3. The Labute approximate surface area is 193 Å². The number of carbonyl (C=O) groups is 3. The van der Waals surface area contributed by atoms with Crippen molar-refractivity contribution in [3.05, 3.63) is 53.4 Å². The molecule has 2 N–H and O–H groups in total. The van der Waals surface area contributed by atoms with Crippen molar-refractivity contribution in [1.29, 1.82) is 0 Å². The molecule has 0 saturated heterocycles. The summed E-state index contributed by atoms with van der Waals surface area (Å²) in [6, 6.07) is 5.92. The van der Waals surface area contributed by atoms with Crippen molar-refractivity contribution in [3.8, 4) is 0 Å². The second kappa shape index (κ2) is 10.1. The number of fused-ring (bicyclic) bond motifs is 1. The van der Waals surface area contributed by atoms with Gasteiger partial charge in [-0.1, -0.05) is 32.9 Å². The number of nitrogens with zero attached hydrogens (tertiary/aromatic N) is 3. The SMILES string of the molecule is CCCN1C(=O)c2c(C(=O)NCc3cccc(F)c3)ncn2C[C@]1(C)C(=O)NCCC(C)C. The fraction of sp³-hybridized carbons (Fsp3) is 0.500. The Kier molecular flexibility index (Phi) is 7.50. The Hall–Kier alpha value is -3.23. The third-order valence-electron chi connectivity index (χ3n) is 5.86. The molecule has 0 radical (unpaired) electrons. The van der Waals surface area contributed by atoms with Crippen LogP contribution in [0.1, 0.15) is 67.1 Å². The van der Waals surface area contributed by atoms with Gasteiger partial charge in [-0.05, 0) is 43.4 Å². The van der Waals surface area contributed by atoms with E-state index in [0.29, 0.717) is 31.0 Å². The quantitative estimate of drug-likeness (QED) is 0.605. The van der Waals surface area contributed by atoms with Crippen LogP contribution in [-0.2, 0) is 17.9 Å². The second-order valence-corrected chi connectivity index (χ2v) is 9.05. The van der Waals surface area contributed by atoms with E-state index < -0.39 is 23.2 Å². The van der Waals surface area contributed by atoms with Crippen LogP contribution in [-0.4, -0.2) is 50.8 Å². The van der Waals surface area contributed by atoms with E-state index >= 15 is 0 Å². The van der Waals surface area contributed by atoms with Gasteiger partial charge in [0.25, 0.3) is 11.8 Å². The number of hydrogen-bond acceptors (Lipinski definition) is 4. The van der Waals surface area contributed by atoms with Crippen molar-refractivity contribution in [2.24, 2.45) is 5.92 Å². The lowest BCUT2D eigenvalue weighted by Gasteiger charge is -2.43. The van der Waals surface area contributed by atoms with E-state index in [1.165, 1.54) is 23.4 Å². The molecule has 1 aromatic heterocycles. The fourth-order valence-electron chi connectivity index (χ4n) is 4.01. The zero-order chi connectivity index (χ0) is 24.2. The van der Waals surface area contributed by atoms with Crippen molar-refractivity contribution in [1.82, 2.24) is 25.1 Å². The molecule has 1 aliphatic rings. The maximum absolute atomic E-state index is 13.5. The van der Waals surface area contributed by atoms with E-state index in [0.717, 1.165) is 6.42 Å². The third-order valence-corrected chi connectivity index (χ3v) is 5.86. The molecule has 0 saturated carbocycles. The summed E-state index contributed by atoms with van der Waals surface area (Å²) >= 11 is 0. The number of halogens is 1. The molecule has 0 bridgehead atoms. The van der Waals surface area contributed by atoms with Crippen LogP contribution in [0.2, 0.25) is 0 Å². The van der Waals surface area contributed by atoms with E-state index in [4.69, 9.17) is 0 Å². The van der Waals surface area contributed by atoms with E-state index in [-0.39, 0.29) is 30.4 Å². The zero-order valence-electron chi connectivity index (χ0n) is 19.7. The van der Waals surface area contributed by atoms with Gasteiger partial charge in [0.05, 0.1) is 12.9 Å². The van der Waals surface area contributed by atoms with Gasteiger partial charge in [-0.2, -0.15) is 0 Å². The molecule has 178 valence electrons. The number of benzene rings is 1. The molecule has 2 aromatic rings. The summed E-state index contributed by atoms with van der Waals surface area (Å²) in [5, 5.41) is 5.66. The molecule has 33 heavy (non-hydrogen) atoms. The van der Waals surface area contributed by atoms with Gasteiger partial charge in [-0.25, -0.2) is 9.37 Å². The number of aromatic nitrogens is 2. The molecule has 0 unspecified atom stereocenters. The summed E-state index contributed by atoms with van der Waals surface area (Å²) in [5.74, 6) is -1.09. The van der Waals surface area contributed by atoms with E-state index in [1.54, 1.807) is 23.6 Å². The Balaban J connectivity index is 1.82. The van der Waals surface area contributed by atoms with Gasteiger partial charge in [0.15, 0.2) is 5.69 Å². The minimum absolute atomic E-state index is 0.000211. The predicted molar refractivity (Wildman–Crippen MR) is 122 cm³/mol. The molecule has 8 nitrogen and oxygen atoms in total. The minimum atomic E-state index is -1.09. The first kappa shape index (κ1) is 24.4. The van der Waals surface area contributed by atoms with Gasteiger partial charge < -0.3 is 20.1 Å². The maximum Gasteiger partial charge on any atom is 0.273 e. The van der Waals surface area contributed by atoms with Crippen molar-refractivity contribution in [3.63, 3.8) is 0 Å². The highest BCUT2D eigenvalue weighted by Crippen LogP contribution is 2.29. The molecule has 9 heteroatoms. The van der Waals surface area contributed by atoms with Crippen LogP contribution >= 0.6 is 0 Å². The van der Waals surface area contributed by atoms with E-state index in [2.05, 4.69) is 29.5 Å². The largest absolute Gasteiger partial charge is 0.354 e. The molecule has 0 spiro atoms. The zero-order valence-corrected chi connectivity index (χ0v) is 19.7. The smallest absolute Gasteiger partial charge is 0.273 e. The van der Waals surface area contributed by atoms with Crippen molar-refractivity contribution >= 4 is 17.7 Å². The summed E-state index contributed by atoms with van der Waals surface area (Å²) in [6.07, 6.45) is 2.93. The molecule has 2 heterocycles. The van der Waals surface area contributed by atoms with Gasteiger partial charge in [0.2, 0.25) is 5.91 Å². The lowest BCUT2D eigenvalue weighted by Crippen LogP contribution is -2.64. The molecule has 3 amide bonds. The number of rotatable bonds is 9. The molecule has 1 aliphatic heterocycles. The highest BCUT2D eigenvalue weighted by atomic mass is 19.1. The highest BCUT2D eigenvalue weighted by molar-refractivity contribution is 6.07. The lowest BCUT2D eigenvalue weighted by molar-refractivity contribution is -0.132. The van der Waals surface area contributed by atoms with Crippen molar-refractivity contribution < 1.29 is 18.8 Å². The van der Waals surface area contributed by atoms with Crippen LogP contribution in [0.15, 0.2) is 30.6 Å². The van der Waals surface area contributed by atoms with Crippen LogP contribution in [0.25, 0.3) is 0 Å². The summed E-state index contributed by atoms with van der Waals surface area (Å²) in [7, 11) is 0. The minimum Gasteiger partial charge on any atom is -0.354 e. The fourth-order valence-corrected chi connectivity index (χ4v) is 4.01. The van der Waals surface area contributed by atoms with Crippen LogP contribution in [0.5, 0.6) is 0 Å². The van der Waals surface area contributed by atoms with Gasteiger partial charge in [0, 0.05) is 19.6 Å². The average Bonchev–Trinajstić information content (AvgIpc) is 3.18. The molecular formula is C24H32FN5O3. The second-order valence-electron chi connectivity index (χ2n) is 9.05. The van der Waals surface area contributed by atoms with Gasteiger partial charge in [-0.3, -0.25) is 14.4 Å². The first-order chi connectivity index (χ1) is 15.7. The van der Waals surface area contributed by atoms with E-state index in [1.807, 2.05) is 6.92 Å². The summed E-state index contributed by atoms with van der Waals surface area (Å²) in [6.45, 7) is 9.06. The van der Waals surface area contributed by atoms with Gasteiger partial charge >= 0.3 is 0 Å². The van der Waals surface area contributed by atoms with Crippen molar-refractivity contribution in [2.75, 3.05) is 13.1 Å². The van der Waals surface area contributed by atoms with Gasteiger partial charge in [0.1, 0.15) is 17.1 Å². The first-order valence-electron chi connectivity index (χ1n) is 11.4. The summed E-state index contributed by atoms with van der Waals surface area (Å²) in [4.78, 5) is 45.1. The van der Waals surface area contributed by atoms with Gasteiger partial charge in [-0.15, -0.1) is 0 Å². The van der Waals surface area contributed by atoms with E-state index in [9.17, 15) is 18.8 Å². The highest BCUT2D eigenvalue weighted by Gasteiger charge is 2.48. The Morgan fingerprint density at radius 1 is 1.27 bits per heavy atom. The Morgan fingerprint density at radius 2 is 2.03 bits per heavy atom. The summed E-state index contributed by atoms with van der Waals surface area (Å²) < 4.78 is 15.0. The van der Waals surface area contributed by atoms with Crippen LogP contribution in [0.3, 0.4) is 0 Å². The topological polar surface area (TPSA) is 96.3 Å². The van der Waals surface area contributed by atoms with Crippen molar-refractivity contribution in [2.45, 2.75) is 59.2 Å². The Morgan fingerprint density at radius 3 is 2.70 bits per heavy atom. The molecular weight excluding hydrogens is 425 g/mol. The predicted octanol–water partition coefficient (Wildman–Crippen LogP) is 2.74. The number of imidazole rings is 1. The van der Waals surface area contributed by atoms with Crippen LogP contribution in [0.4, 0.5) is 4.39 Å². The van der Waals surface area contributed by atoms with Crippen LogP contribution in [0, 0.1) is 11.7 Å². The Bertz CT molecular complexity index is 1030. The number of carbonyl (C=O) groups excluding carboxylic acids is 3. The standard InChI is InChI=1S/C24H32FN5O3/c1-5-11-30-22(32)20-19(21(31)27-13-17-7-6-8-18(25)12-17)28-15-29(20)14-24(30,4)23(33)26-10-9-16(2)3/h6-8,12,15-16H,5,9-11,13-14H2,1-4H3,(H,26,33)(H,27,31)/t24-/m1/s1. The molecule has 1 aromatic carbocycles. The number of hydrogen-bond donors (Lipinski definition) is 2. The molecule has 0 fully saturated rings. The monoisotopic (exact) mass is 457 g/mol. The van der Waals surface area contributed by atoms with Crippen LogP contribution < -0.4 is 10.6 Å². The average molecular weight is 458 g/mol. The maximum atomic E-state index is 13.5. The third kappa shape index (κ3) is 5.23. The molecule has 1 atom stereocenters. The molecule has 3 rings (SSSR count).